The zero-order valence-corrected chi connectivity index (χ0v) is 15.4. The molecular formula is C22H24N2O2. The Morgan fingerprint density at radius 1 is 1.04 bits per heavy atom. The first-order valence-electron chi connectivity index (χ1n) is 8.73. The lowest BCUT2D eigenvalue weighted by molar-refractivity contribution is -0.120. The molecule has 134 valence electrons. The Balaban J connectivity index is 1.63. The summed E-state index contributed by atoms with van der Waals surface area (Å²) in [5.41, 5.74) is 3.02. The van der Waals surface area contributed by atoms with Gasteiger partial charge in [0.15, 0.2) is 0 Å². The highest BCUT2D eigenvalue weighted by Gasteiger charge is 2.11. The van der Waals surface area contributed by atoms with Crippen molar-refractivity contribution >= 4 is 22.4 Å². The lowest BCUT2D eigenvalue weighted by Gasteiger charge is -2.16. The molecule has 0 aliphatic carbocycles. The Bertz CT molecular complexity index is 921. The van der Waals surface area contributed by atoms with Gasteiger partial charge in [-0.3, -0.25) is 4.79 Å². The maximum Gasteiger partial charge on any atom is 0.239 e. The lowest BCUT2D eigenvalue weighted by Crippen LogP contribution is -2.32. The second kappa shape index (κ2) is 7.91. The van der Waals surface area contributed by atoms with Crippen LogP contribution in [0.1, 0.15) is 24.1 Å². The molecule has 26 heavy (non-hydrogen) atoms. The third kappa shape index (κ3) is 4.14. The molecule has 4 heteroatoms. The summed E-state index contributed by atoms with van der Waals surface area (Å²) in [7, 11) is 1.62. The fourth-order valence-corrected chi connectivity index (χ4v) is 2.99. The quantitative estimate of drug-likeness (QED) is 0.692. The topological polar surface area (TPSA) is 50.4 Å². The summed E-state index contributed by atoms with van der Waals surface area (Å²) in [6.45, 7) is 4.19. The molecule has 0 saturated carbocycles. The number of carbonyl (C=O) groups is 1. The van der Waals surface area contributed by atoms with E-state index in [4.69, 9.17) is 4.74 Å². The molecule has 0 aliphatic rings. The van der Waals surface area contributed by atoms with Gasteiger partial charge in [-0.05, 0) is 53.9 Å². The van der Waals surface area contributed by atoms with Crippen LogP contribution in [0.3, 0.4) is 0 Å². The van der Waals surface area contributed by atoms with Gasteiger partial charge in [0.2, 0.25) is 5.91 Å². The van der Waals surface area contributed by atoms with Crippen LogP contribution in [0.25, 0.3) is 10.8 Å². The van der Waals surface area contributed by atoms with E-state index in [1.807, 2.05) is 44.2 Å². The second-order valence-corrected chi connectivity index (χ2v) is 6.45. The molecule has 0 heterocycles. The molecule has 1 unspecified atom stereocenters. The van der Waals surface area contributed by atoms with E-state index in [-0.39, 0.29) is 18.5 Å². The Morgan fingerprint density at radius 3 is 2.58 bits per heavy atom. The van der Waals surface area contributed by atoms with Gasteiger partial charge in [0, 0.05) is 0 Å². The summed E-state index contributed by atoms with van der Waals surface area (Å²) >= 11 is 0. The number of aryl methyl sites for hydroxylation is 1. The highest BCUT2D eigenvalue weighted by molar-refractivity contribution is 5.84. The zero-order valence-electron chi connectivity index (χ0n) is 15.4. The van der Waals surface area contributed by atoms with Crippen molar-refractivity contribution in [3.05, 3.63) is 71.8 Å². The van der Waals surface area contributed by atoms with Gasteiger partial charge in [0.25, 0.3) is 0 Å². The predicted molar refractivity (Wildman–Crippen MR) is 107 cm³/mol. The fraction of sp³-hybridized carbons (Fsp3) is 0.227. The highest BCUT2D eigenvalue weighted by atomic mass is 16.5. The van der Waals surface area contributed by atoms with Crippen LogP contribution in [-0.4, -0.2) is 19.6 Å². The van der Waals surface area contributed by atoms with Crippen molar-refractivity contribution in [2.75, 3.05) is 19.0 Å². The SMILES string of the molecule is COc1ccc(C)cc1NCC(=O)NC(C)c1ccc2ccccc2c1. The van der Waals surface area contributed by atoms with Gasteiger partial charge < -0.3 is 15.4 Å². The minimum atomic E-state index is -0.0617. The van der Waals surface area contributed by atoms with E-state index in [0.29, 0.717) is 0 Å². The number of fused-ring (bicyclic) bond motifs is 1. The molecular weight excluding hydrogens is 324 g/mol. The van der Waals surface area contributed by atoms with Gasteiger partial charge in [0.05, 0.1) is 25.4 Å². The predicted octanol–water partition coefficient (Wildman–Crippen LogP) is 4.45. The molecule has 0 aliphatic heterocycles. The van der Waals surface area contributed by atoms with E-state index >= 15 is 0 Å². The molecule has 0 fully saturated rings. The van der Waals surface area contributed by atoms with Crippen molar-refractivity contribution < 1.29 is 9.53 Å². The summed E-state index contributed by atoms with van der Waals surface area (Å²) in [6.07, 6.45) is 0. The number of methoxy groups -OCH3 is 1. The molecule has 0 spiro atoms. The van der Waals surface area contributed by atoms with Crippen molar-refractivity contribution in [3.8, 4) is 5.75 Å². The van der Waals surface area contributed by atoms with E-state index in [1.165, 1.54) is 10.8 Å². The van der Waals surface area contributed by atoms with Crippen LogP contribution in [0.15, 0.2) is 60.7 Å². The Kier molecular flexibility index (Phi) is 5.42. The van der Waals surface area contributed by atoms with Gasteiger partial charge in [-0.15, -0.1) is 0 Å². The molecule has 3 aromatic carbocycles. The summed E-state index contributed by atoms with van der Waals surface area (Å²) in [5, 5.41) is 8.57. The Morgan fingerprint density at radius 2 is 1.81 bits per heavy atom. The van der Waals surface area contributed by atoms with Crippen molar-refractivity contribution in [1.29, 1.82) is 0 Å². The van der Waals surface area contributed by atoms with Crippen molar-refractivity contribution in [2.24, 2.45) is 0 Å². The smallest absolute Gasteiger partial charge is 0.239 e. The molecule has 2 N–H and O–H groups in total. The molecule has 0 aromatic heterocycles. The summed E-state index contributed by atoms with van der Waals surface area (Å²) in [5.74, 6) is 0.667. The first-order valence-corrected chi connectivity index (χ1v) is 8.73. The first kappa shape index (κ1) is 17.8. The maximum absolute atomic E-state index is 12.3. The van der Waals surface area contributed by atoms with Gasteiger partial charge in [-0.2, -0.15) is 0 Å². The van der Waals surface area contributed by atoms with Crippen molar-refractivity contribution in [3.63, 3.8) is 0 Å². The maximum atomic E-state index is 12.3. The van der Waals surface area contributed by atoms with E-state index in [1.54, 1.807) is 7.11 Å². The standard InChI is InChI=1S/C22H24N2O2/c1-15-8-11-21(26-3)20(12-15)23-14-22(25)24-16(2)18-10-9-17-6-4-5-7-19(17)13-18/h4-13,16,23H,14H2,1-3H3,(H,24,25). The Hall–Kier alpha value is -3.01. The number of hydrogen-bond donors (Lipinski definition) is 2. The number of amides is 1. The van der Waals surface area contributed by atoms with Gasteiger partial charge in [0.1, 0.15) is 5.75 Å². The van der Waals surface area contributed by atoms with Crippen molar-refractivity contribution in [1.82, 2.24) is 5.32 Å². The normalized spacial score (nSPS) is 11.8. The van der Waals surface area contributed by atoms with Gasteiger partial charge in [-0.1, -0.05) is 42.5 Å². The fourth-order valence-electron chi connectivity index (χ4n) is 2.99. The van der Waals surface area contributed by atoms with Gasteiger partial charge >= 0.3 is 0 Å². The summed E-state index contributed by atoms with van der Waals surface area (Å²) in [6, 6.07) is 20.3. The number of anilines is 1. The van der Waals surface area contributed by atoms with Crippen LogP contribution in [0, 0.1) is 6.92 Å². The van der Waals surface area contributed by atoms with E-state index in [0.717, 1.165) is 22.6 Å². The third-order valence-electron chi connectivity index (χ3n) is 4.45. The average Bonchev–Trinajstić information content (AvgIpc) is 2.66. The van der Waals surface area contributed by atoms with Crippen LogP contribution >= 0.6 is 0 Å². The van der Waals surface area contributed by atoms with Crippen molar-refractivity contribution in [2.45, 2.75) is 19.9 Å². The molecule has 0 saturated heterocycles. The van der Waals surface area contributed by atoms with Crippen LogP contribution in [-0.2, 0) is 4.79 Å². The van der Waals surface area contributed by atoms with Gasteiger partial charge in [-0.25, -0.2) is 0 Å². The lowest BCUT2D eigenvalue weighted by atomic mass is 10.0. The second-order valence-electron chi connectivity index (χ2n) is 6.45. The zero-order chi connectivity index (χ0) is 18.5. The molecule has 3 aromatic rings. The van der Waals surface area contributed by atoms with Crippen LogP contribution in [0.4, 0.5) is 5.69 Å². The molecule has 1 amide bonds. The number of carbonyl (C=O) groups excluding carboxylic acids is 1. The number of benzene rings is 3. The van der Waals surface area contributed by atoms with E-state index in [2.05, 4.69) is 41.0 Å². The molecule has 4 nitrogen and oxygen atoms in total. The Labute approximate surface area is 154 Å². The minimum absolute atomic E-state index is 0.0609. The number of nitrogens with one attached hydrogen (secondary N) is 2. The first-order chi connectivity index (χ1) is 12.6. The summed E-state index contributed by atoms with van der Waals surface area (Å²) < 4.78 is 5.33. The van der Waals surface area contributed by atoms with Crippen LogP contribution < -0.4 is 15.4 Å². The number of rotatable bonds is 6. The highest BCUT2D eigenvalue weighted by Crippen LogP contribution is 2.25. The molecule has 1 atom stereocenters. The monoisotopic (exact) mass is 348 g/mol. The molecule has 0 radical (unpaired) electrons. The van der Waals surface area contributed by atoms with E-state index in [9.17, 15) is 4.79 Å². The van der Waals surface area contributed by atoms with Crippen LogP contribution in [0.5, 0.6) is 5.75 Å². The van der Waals surface area contributed by atoms with E-state index < -0.39 is 0 Å². The molecule has 3 rings (SSSR count). The third-order valence-corrected chi connectivity index (χ3v) is 4.45. The molecule has 0 bridgehead atoms. The largest absolute Gasteiger partial charge is 0.495 e. The average molecular weight is 348 g/mol. The van der Waals surface area contributed by atoms with Crippen LogP contribution in [0.2, 0.25) is 0 Å². The summed E-state index contributed by atoms with van der Waals surface area (Å²) in [4.78, 5) is 12.3. The number of hydrogen-bond acceptors (Lipinski definition) is 3. The minimum Gasteiger partial charge on any atom is -0.495 e. The number of ether oxygens (including phenoxy) is 1.